The number of aliphatic imine (C=N–C) groups is 1. The van der Waals surface area contributed by atoms with Crippen molar-refractivity contribution in [2.24, 2.45) is 4.99 Å². The lowest BCUT2D eigenvalue weighted by Crippen LogP contribution is -2.41. The molecule has 0 bridgehead atoms. The van der Waals surface area contributed by atoms with Crippen molar-refractivity contribution in [3.63, 3.8) is 0 Å². The van der Waals surface area contributed by atoms with Gasteiger partial charge in [0.1, 0.15) is 11.3 Å². The van der Waals surface area contributed by atoms with E-state index in [2.05, 4.69) is 19.9 Å². The predicted molar refractivity (Wildman–Crippen MR) is 101 cm³/mol. The van der Waals surface area contributed by atoms with Crippen LogP contribution in [0.3, 0.4) is 0 Å². The highest BCUT2D eigenvalue weighted by molar-refractivity contribution is 6.10. The molecule has 1 aliphatic heterocycles. The van der Waals surface area contributed by atoms with Crippen LogP contribution < -0.4 is 4.74 Å². The number of nitrogens with zero attached hydrogens (tertiary/aromatic N) is 3. The maximum atomic E-state index is 13.3. The van der Waals surface area contributed by atoms with Crippen LogP contribution >= 0.6 is 0 Å². The first-order valence-corrected chi connectivity index (χ1v) is 9.67. The Labute approximate surface area is 165 Å². The number of hydrogen-bond donors (Lipinski definition) is 1. The Balaban J connectivity index is 1.71. The minimum absolute atomic E-state index is 0.0896. The van der Waals surface area contributed by atoms with Gasteiger partial charge in [-0.15, -0.1) is 13.2 Å². The normalized spacial score (nSPS) is 17.9. The lowest BCUT2D eigenvalue weighted by molar-refractivity contribution is -0.274. The second kappa shape index (κ2) is 7.53. The average molecular weight is 406 g/mol. The summed E-state index contributed by atoms with van der Waals surface area (Å²) in [5.41, 5.74) is 2.41. The van der Waals surface area contributed by atoms with Crippen molar-refractivity contribution >= 4 is 17.4 Å². The lowest BCUT2D eigenvalue weighted by Gasteiger charge is -2.28. The number of rotatable bonds is 4. The van der Waals surface area contributed by atoms with Gasteiger partial charge in [0, 0.05) is 6.04 Å². The molecule has 0 radical (unpaired) electrons. The molecule has 9 heteroatoms. The summed E-state index contributed by atoms with van der Waals surface area (Å²) in [4.78, 5) is 19.8. The molecule has 154 valence electrons. The zero-order chi connectivity index (χ0) is 20.6. The van der Waals surface area contributed by atoms with Gasteiger partial charge in [-0.2, -0.15) is 5.10 Å². The smallest absolute Gasteiger partial charge is 0.406 e. The fourth-order valence-electron chi connectivity index (χ4n) is 3.99. The number of amides is 1. The fraction of sp³-hybridized carbons (Fsp3) is 0.450. The maximum absolute atomic E-state index is 13.3. The number of ether oxygens (including phenoxy) is 1. The molecule has 1 aromatic heterocycles. The Kier molecular flexibility index (Phi) is 5.06. The van der Waals surface area contributed by atoms with Gasteiger partial charge in [-0.3, -0.25) is 9.89 Å². The van der Waals surface area contributed by atoms with Crippen LogP contribution in [0.2, 0.25) is 0 Å². The molecule has 0 saturated heterocycles. The zero-order valence-corrected chi connectivity index (χ0v) is 15.9. The molecule has 0 unspecified atom stereocenters. The summed E-state index contributed by atoms with van der Waals surface area (Å²) in [6.07, 6.45) is -0.122. The minimum atomic E-state index is -4.74. The quantitative estimate of drug-likeness (QED) is 0.819. The van der Waals surface area contributed by atoms with Crippen molar-refractivity contribution in [2.45, 2.75) is 51.4 Å². The number of hydrogen-bond acceptors (Lipinski definition) is 4. The number of benzene rings is 1. The monoisotopic (exact) mass is 406 g/mol. The van der Waals surface area contributed by atoms with E-state index >= 15 is 0 Å². The van der Waals surface area contributed by atoms with E-state index in [0.717, 1.165) is 25.7 Å². The van der Waals surface area contributed by atoms with Gasteiger partial charge in [0.2, 0.25) is 0 Å². The predicted octanol–water partition coefficient (Wildman–Crippen LogP) is 4.39. The second-order valence-corrected chi connectivity index (χ2v) is 7.25. The molecule has 2 aliphatic rings. The topological polar surface area (TPSA) is 70.6 Å². The van der Waals surface area contributed by atoms with Gasteiger partial charge in [-0.05, 0) is 49.1 Å². The Morgan fingerprint density at radius 2 is 1.90 bits per heavy atom. The summed E-state index contributed by atoms with van der Waals surface area (Å²) < 4.78 is 41.2. The van der Waals surface area contributed by atoms with E-state index in [0.29, 0.717) is 41.3 Å². The van der Waals surface area contributed by atoms with Crippen LogP contribution in [0.15, 0.2) is 29.3 Å². The molecule has 0 atom stereocenters. The van der Waals surface area contributed by atoms with Crippen molar-refractivity contribution in [3.05, 3.63) is 41.1 Å². The van der Waals surface area contributed by atoms with E-state index in [9.17, 15) is 18.0 Å². The summed E-state index contributed by atoms with van der Waals surface area (Å²) in [6, 6.07) is 5.69. The number of alkyl halides is 3. The SMILES string of the molecule is CCc1n[nH]c2c1C(=O)N(C1CCCC1)CC(c1ccc(OC(F)(F)F)cc1)=N2. The number of carbonyl (C=O) groups is 1. The average Bonchev–Trinajstić information content (AvgIpc) is 3.31. The first-order valence-electron chi connectivity index (χ1n) is 9.67. The van der Waals surface area contributed by atoms with E-state index in [-0.39, 0.29) is 17.7 Å². The number of aromatic nitrogens is 2. The number of fused-ring (bicyclic) bond motifs is 1. The van der Waals surface area contributed by atoms with Crippen molar-refractivity contribution in [1.29, 1.82) is 0 Å². The van der Waals surface area contributed by atoms with Gasteiger partial charge in [-0.1, -0.05) is 19.8 Å². The first-order chi connectivity index (χ1) is 13.9. The van der Waals surface area contributed by atoms with Crippen LogP contribution in [0.4, 0.5) is 19.0 Å². The van der Waals surface area contributed by atoms with Crippen LogP contribution in [0.25, 0.3) is 0 Å². The summed E-state index contributed by atoms with van der Waals surface area (Å²) in [5, 5.41) is 7.07. The molecule has 4 rings (SSSR count). The molecule has 1 N–H and O–H groups in total. The van der Waals surface area contributed by atoms with E-state index in [1.165, 1.54) is 24.3 Å². The standard InChI is InChI=1S/C20H21F3N4O2/c1-2-15-17-18(26-25-15)24-16(11-27(19(17)28)13-5-3-4-6-13)12-7-9-14(10-8-12)29-20(21,22)23/h7-10,13H,2-6,11H2,1H3,(H,25,26). The summed E-state index contributed by atoms with van der Waals surface area (Å²) in [6.45, 7) is 2.23. The number of halogens is 3. The highest BCUT2D eigenvalue weighted by atomic mass is 19.4. The third-order valence-electron chi connectivity index (χ3n) is 5.39. The van der Waals surface area contributed by atoms with E-state index < -0.39 is 6.36 Å². The molecule has 1 amide bonds. The van der Waals surface area contributed by atoms with Crippen molar-refractivity contribution in [1.82, 2.24) is 15.1 Å². The number of carbonyl (C=O) groups excluding carboxylic acids is 1. The summed E-state index contributed by atoms with van der Waals surface area (Å²) in [5.74, 6) is 0.0148. The molecule has 29 heavy (non-hydrogen) atoms. The van der Waals surface area contributed by atoms with Gasteiger partial charge in [0.15, 0.2) is 5.82 Å². The third-order valence-corrected chi connectivity index (χ3v) is 5.39. The van der Waals surface area contributed by atoms with Crippen molar-refractivity contribution in [2.75, 3.05) is 6.54 Å². The Morgan fingerprint density at radius 3 is 2.52 bits per heavy atom. The molecular weight excluding hydrogens is 385 g/mol. The third kappa shape index (κ3) is 3.99. The van der Waals surface area contributed by atoms with Crippen LogP contribution in [0, 0.1) is 0 Å². The molecule has 1 aromatic carbocycles. The van der Waals surface area contributed by atoms with Gasteiger partial charge in [-0.25, -0.2) is 4.99 Å². The van der Waals surface area contributed by atoms with E-state index in [4.69, 9.17) is 0 Å². The van der Waals surface area contributed by atoms with Crippen molar-refractivity contribution in [3.8, 4) is 5.75 Å². The summed E-state index contributed by atoms with van der Waals surface area (Å²) >= 11 is 0. The fourth-order valence-corrected chi connectivity index (χ4v) is 3.99. The number of nitrogens with one attached hydrogen (secondary N) is 1. The van der Waals surface area contributed by atoms with Crippen LogP contribution in [0.1, 0.15) is 54.2 Å². The molecule has 2 aromatic rings. The minimum Gasteiger partial charge on any atom is -0.406 e. The van der Waals surface area contributed by atoms with E-state index in [1.54, 1.807) is 0 Å². The Bertz CT molecular complexity index is 928. The van der Waals surface area contributed by atoms with Crippen LogP contribution in [0.5, 0.6) is 5.75 Å². The molecule has 6 nitrogen and oxygen atoms in total. The van der Waals surface area contributed by atoms with Gasteiger partial charge in [0.25, 0.3) is 5.91 Å². The highest BCUT2D eigenvalue weighted by Crippen LogP contribution is 2.32. The van der Waals surface area contributed by atoms with E-state index in [1.807, 2.05) is 11.8 Å². The molecule has 2 heterocycles. The highest BCUT2D eigenvalue weighted by Gasteiger charge is 2.35. The maximum Gasteiger partial charge on any atom is 0.573 e. The van der Waals surface area contributed by atoms with Gasteiger partial charge >= 0.3 is 6.36 Å². The number of aromatic amines is 1. The zero-order valence-electron chi connectivity index (χ0n) is 15.9. The van der Waals surface area contributed by atoms with Crippen molar-refractivity contribution < 1.29 is 22.7 Å². The number of H-pyrrole nitrogens is 1. The molecule has 1 fully saturated rings. The molecule has 1 saturated carbocycles. The summed E-state index contributed by atoms with van der Waals surface area (Å²) in [7, 11) is 0. The molecule has 0 spiro atoms. The van der Waals surface area contributed by atoms with Gasteiger partial charge in [0.05, 0.1) is 18.0 Å². The second-order valence-electron chi connectivity index (χ2n) is 7.25. The number of aryl methyl sites for hydroxylation is 1. The van der Waals surface area contributed by atoms with Crippen LogP contribution in [-0.4, -0.2) is 45.7 Å². The Hall–Kier alpha value is -2.84. The van der Waals surface area contributed by atoms with Crippen LogP contribution in [-0.2, 0) is 6.42 Å². The Morgan fingerprint density at radius 1 is 1.21 bits per heavy atom. The lowest BCUT2D eigenvalue weighted by atomic mass is 10.1. The van der Waals surface area contributed by atoms with Gasteiger partial charge < -0.3 is 9.64 Å². The molecule has 1 aliphatic carbocycles. The molecular formula is C20H21F3N4O2. The first kappa shape index (κ1) is 19.5. The largest absolute Gasteiger partial charge is 0.573 e.